The number of fused-ring (bicyclic) bond motifs is 1. The fraction of sp³-hybridized carbons (Fsp3) is 0.158. The number of ether oxygens (including phenoxy) is 2. The second kappa shape index (κ2) is 6.79. The summed E-state index contributed by atoms with van der Waals surface area (Å²) in [5.41, 5.74) is -0.0469. The van der Waals surface area contributed by atoms with Gasteiger partial charge in [-0.25, -0.2) is 13.2 Å². The van der Waals surface area contributed by atoms with Crippen molar-refractivity contribution in [3.63, 3.8) is 0 Å². The lowest BCUT2D eigenvalue weighted by Crippen LogP contribution is -2.23. The van der Waals surface area contributed by atoms with Crippen LogP contribution in [0.4, 0.5) is 13.2 Å². The predicted molar refractivity (Wildman–Crippen MR) is 90.2 cm³/mol. The first kappa shape index (κ1) is 17.1. The topological polar surface area (TPSA) is 53.4 Å². The molecule has 0 amide bonds. The Morgan fingerprint density at radius 2 is 1.96 bits per heavy atom. The van der Waals surface area contributed by atoms with Crippen molar-refractivity contribution in [3.05, 3.63) is 76.5 Å². The molecule has 1 aliphatic heterocycles. The first-order valence-corrected chi connectivity index (χ1v) is 8.11. The van der Waals surface area contributed by atoms with E-state index >= 15 is 0 Å². The molecule has 3 aromatic rings. The second-order valence-electron chi connectivity index (χ2n) is 6.02. The Hall–Kier alpha value is -3.29. The second-order valence-corrected chi connectivity index (χ2v) is 6.02. The molecule has 27 heavy (non-hydrogen) atoms. The van der Waals surface area contributed by atoms with Gasteiger partial charge in [-0.2, -0.15) is 4.98 Å². The zero-order chi connectivity index (χ0) is 19.0. The molecule has 1 aromatic heterocycles. The van der Waals surface area contributed by atoms with Gasteiger partial charge in [0.2, 0.25) is 0 Å². The van der Waals surface area contributed by atoms with E-state index in [1.165, 1.54) is 24.3 Å². The van der Waals surface area contributed by atoms with Crippen molar-refractivity contribution in [2.45, 2.75) is 12.6 Å². The summed E-state index contributed by atoms with van der Waals surface area (Å²) in [7, 11) is 0. The Balaban J connectivity index is 1.45. The smallest absolute Gasteiger partial charge is 0.300 e. The molecule has 5 nitrogen and oxygen atoms in total. The van der Waals surface area contributed by atoms with Crippen molar-refractivity contribution < 1.29 is 22.6 Å². The molecule has 0 saturated carbocycles. The van der Waals surface area contributed by atoms with Gasteiger partial charge in [-0.05, 0) is 29.8 Å². The van der Waals surface area contributed by atoms with Crippen LogP contribution in [0.2, 0.25) is 0 Å². The Labute approximate surface area is 151 Å². The van der Waals surface area contributed by atoms with E-state index in [4.69, 9.17) is 9.47 Å². The van der Waals surface area contributed by atoms with Gasteiger partial charge < -0.3 is 9.47 Å². The molecule has 1 atom stereocenters. The van der Waals surface area contributed by atoms with Crippen LogP contribution in [-0.4, -0.2) is 22.3 Å². The van der Waals surface area contributed by atoms with Gasteiger partial charge in [0.1, 0.15) is 18.2 Å². The summed E-state index contributed by atoms with van der Waals surface area (Å²) in [6.07, 6.45) is 1.14. The van der Waals surface area contributed by atoms with Gasteiger partial charge in [0, 0.05) is 23.9 Å². The first-order chi connectivity index (χ1) is 13.0. The highest BCUT2D eigenvalue weighted by molar-refractivity contribution is 5.65. The first-order valence-electron chi connectivity index (χ1n) is 8.11. The van der Waals surface area contributed by atoms with E-state index in [0.717, 1.165) is 18.2 Å². The normalized spacial score (nSPS) is 15.3. The van der Waals surface area contributed by atoms with Crippen LogP contribution >= 0.6 is 0 Å². The van der Waals surface area contributed by atoms with Gasteiger partial charge in [-0.1, -0.05) is 6.07 Å². The summed E-state index contributed by atoms with van der Waals surface area (Å²) in [5, 5.41) is 0. The van der Waals surface area contributed by atoms with E-state index in [0.29, 0.717) is 6.54 Å². The van der Waals surface area contributed by atoms with Crippen LogP contribution in [-0.2, 0) is 6.54 Å². The fourth-order valence-electron chi connectivity index (χ4n) is 2.83. The van der Waals surface area contributed by atoms with Gasteiger partial charge in [0.05, 0.1) is 6.54 Å². The number of aromatic nitrogens is 2. The molecule has 138 valence electrons. The Morgan fingerprint density at radius 3 is 2.74 bits per heavy atom. The van der Waals surface area contributed by atoms with E-state index in [1.807, 2.05) is 0 Å². The van der Waals surface area contributed by atoms with Crippen LogP contribution in [0.15, 0.2) is 53.5 Å². The van der Waals surface area contributed by atoms with E-state index in [2.05, 4.69) is 4.98 Å². The molecule has 0 saturated heterocycles. The molecule has 0 radical (unpaired) electrons. The van der Waals surface area contributed by atoms with Crippen molar-refractivity contribution in [3.8, 4) is 22.9 Å². The molecule has 8 heteroatoms. The third kappa shape index (κ3) is 3.51. The summed E-state index contributed by atoms with van der Waals surface area (Å²) in [6.45, 7) is 0.460. The molecular formula is C19H13F3N2O3. The van der Waals surface area contributed by atoms with Crippen molar-refractivity contribution >= 4 is 0 Å². The Morgan fingerprint density at radius 1 is 1.11 bits per heavy atom. The molecule has 0 N–H and O–H groups in total. The molecule has 1 aliphatic rings. The zero-order valence-electron chi connectivity index (χ0n) is 13.9. The third-order valence-corrected chi connectivity index (χ3v) is 4.12. The monoisotopic (exact) mass is 374 g/mol. The molecular weight excluding hydrogens is 361 g/mol. The molecule has 0 fully saturated rings. The van der Waals surface area contributed by atoms with E-state index in [1.54, 1.807) is 10.8 Å². The summed E-state index contributed by atoms with van der Waals surface area (Å²) in [5.74, 6) is -2.18. The van der Waals surface area contributed by atoms with Crippen molar-refractivity contribution in [1.29, 1.82) is 0 Å². The number of hydrogen-bond acceptors (Lipinski definition) is 4. The average Bonchev–Trinajstić information content (AvgIpc) is 3.02. The van der Waals surface area contributed by atoms with Gasteiger partial charge in [-0.3, -0.25) is 9.36 Å². The van der Waals surface area contributed by atoms with Crippen LogP contribution in [0.3, 0.4) is 0 Å². The Kier molecular flexibility index (Phi) is 4.31. The lowest BCUT2D eigenvalue weighted by Gasteiger charge is -2.12. The maximum atomic E-state index is 14.3. The highest BCUT2D eigenvalue weighted by Crippen LogP contribution is 2.28. The van der Waals surface area contributed by atoms with Gasteiger partial charge in [0.25, 0.3) is 11.6 Å². The third-order valence-electron chi connectivity index (χ3n) is 4.12. The standard InChI is InChI=1S/C19H13F3N2O3/c20-12-2-3-14(15(21)8-12)11-1-4-17(16(22)7-11)26-10-13-9-24-6-5-18(25)23-19(24)27-13/h1-8,13H,9-10H2/t13-/m0/s1. The molecule has 0 bridgehead atoms. The summed E-state index contributed by atoms with van der Waals surface area (Å²) in [4.78, 5) is 14.9. The molecule has 0 spiro atoms. The SMILES string of the molecule is O=c1ccn2c(n1)O[C@H](COc1ccc(-c3ccc(F)cc3F)cc1F)C2. The quantitative estimate of drug-likeness (QED) is 0.704. The van der Waals surface area contributed by atoms with Gasteiger partial charge in [0.15, 0.2) is 17.7 Å². The Bertz CT molecular complexity index is 1070. The van der Waals surface area contributed by atoms with Crippen LogP contribution in [0, 0.1) is 17.5 Å². The molecule has 2 heterocycles. The minimum absolute atomic E-state index is 0.0247. The number of rotatable bonds is 4. The maximum absolute atomic E-state index is 14.3. The van der Waals surface area contributed by atoms with Crippen LogP contribution in [0.25, 0.3) is 11.1 Å². The zero-order valence-corrected chi connectivity index (χ0v) is 13.9. The predicted octanol–water partition coefficient (Wildman–Crippen LogP) is 3.17. The van der Waals surface area contributed by atoms with E-state index < -0.39 is 29.1 Å². The average molecular weight is 374 g/mol. The van der Waals surface area contributed by atoms with Crippen molar-refractivity contribution in [1.82, 2.24) is 9.55 Å². The molecule has 0 unspecified atom stereocenters. The highest BCUT2D eigenvalue weighted by Gasteiger charge is 2.24. The molecule has 4 rings (SSSR count). The summed E-state index contributed by atoms with van der Waals surface area (Å²) < 4.78 is 53.8. The minimum atomic E-state index is -0.776. The minimum Gasteiger partial charge on any atom is -0.487 e. The number of hydrogen-bond donors (Lipinski definition) is 0. The summed E-state index contributed by atoms with van der Waals surface area (Å²) >= 11 is 0. The van der Waals surface area contributed by atoms with Crippen LogP contribution in [0.1, 0.15) is 0 Å². The molecule has 2 aromatic carbocycles. The van der Waals surface area contributed by atoms with Gasteiger partial charge in [-0.15, -0.1) is 0 Å². The molecule has 0 aliphatic carbocycles. The number of nitrogens with zero attached hydrogens (tertiary/aromatic N) is 2. The van der Waals surface area contributed by atoms with Crippen LogP contribution in [0.5, 0.6) is 11.8 Å². The number of benzene rings is 2. The van der Waals surface area contributed by atoms with Crippen LogP contribution < -0.4 is 15.0 Å². The lowest BCUT2D eigenvalue weighted by molar-refractivity contribution is 0.140. The largest absolute Gasteiger partial charge is 0.487 e. The van der Waals surface area contributed by atoms with E-state index in [-0.39, 0.29) is 29.5 Å². The van der Waals surface area contributed by atoms with E-state index in [9.17, 15) is 18.0 Å². The van der Waals surface area contributed by atoms with Gasteiger partial charge >= 0.3 is 0 Å². The summed E-state index contributed by atoms with van der Waals surface area (Å²) in [6, 6.07) is 8.59. The number of halogens is 3. The highest BCUT2D eigenvalue weighted by atomic mass is 19.1. The lowest BCUT2D eigenvalue weighted by atomic mass is 10.0. The maximum Gasteiger partial charge on any atom is 0.300 e. The van der Waals surface area contributed by atoms with Crippen molar-refractivity contribution in [2.75, 3.05) is 6.61 Å². The van der Waals surface area contributed by atoms with Crippen molar-refractivity contribution in [2.24, 2.45) is 0 Å². The fourth-order valence-corrected chi connectivity index (χ4v) is 2.83.